The van der Waals surface area contributed by atoms with Gasteiger partial charge >= 0.3 is 17.8 Å². The highest BCUT2D eigenvalue weighted by Gasteiger charge is 2.62. The Labute approximate surface area is 229 Å². The number of piperidine rings is 1. The zero-order valence-corrected chi connectivity index (χ0v) is 22.3. The molecule has 5 rings (SSSR count). The van der Waals surface area contributed by atoms with E-state index in [0.29, 0.717) is 55.7 Å². The van der Waals surface area contributed by atoms with E-state index in [1.807, 2.05) is 6.07 Å². The fourth-order valence-corrected chi connectivity index (χ4v) is 5.69. The van der Waals surface area contributed by atoms with Crippen LogP contribution in [0.15, 0.2) is 30.5 Å². The molecule has 1 aromatic carbocycles. The third-order valence-electron chi connectivity index (χ3n) is 7.95. The zero-order chi connectivity index (χ0) is 28.5. The quantitative estimate of drug-likeness (QED) is 0.433. The highest BCUT2D eigenvalue weighted by Crippen LogP contribution is 2.42. The van der Waals surface area contributed by atoms with Gasteiger partial charge in [-0.1, -0.05) is 6.07 Å². The number of aromatic nitrogens is 1. The van der Waals surface area contributed by atoms with Crippen LogP contribution in [0.5, 0.6) is 17.4 Å². The van der Waals surface area contributed by atoms with Crippen LogP contribution in [0.25, 0.3) is 0 Å². The first-order valence-electron chi connectivity index (χ1n) is 13.4. The van der Waals surface area contributed by atoms with E-state index in [1.54, 1.807) is 24.4 Å². The third-order valence-corrected chi connectivity index (χ3v) is 7.95. The van der Waals surface area contributed by atoms with Gasteiger partial charge in [-0.3, -0.25) is 9.69 Å². The number of carbonyl (C=O) groups is 1. The van der Waals surface area contributed by atoms with Crippen LogP contribution in [0.3, 0.4) is 0 Å². The van der Waals surface area contributed by atoms with E-state index in [9.17, 15) is 27.5 Å². The van der Waals surface area contributed by atoms with Crippen LogP contribution >= 0.6 is 0 Å². The molecular weight excluding hydrogens is 534 g/mol. The molecule has 1 N–H and O–H groups in total. The summed E-state index contributed by atoms with van der Waals surface area (Å²) in [6, 6.07) is 7.06. The lowest BCUT2D eigenvalue weighted by molar-refractivity contribution is -0.172. The summed E-state index contributed by atoms with van der Waals surface area (Å²) in [5, 5.41) is 9.24. The number of halogens is 4. The summed E-state index contributed by atoms with van der Waals surface area (Å²) >= 11 is 0. The van der Waals surface area contributed by atoms with Gasteiger partial charge in [0.1, 0.15) is 11.5 Å². The van der Waals surface area contributed by atoms with Crippen molar-refractivity contribution in [3.8, 4) is 17.4 Å². The van der Waals surface area contributed by atoms with Crippen molar-refractivity contribution >= 4 is 11.7 Å². The standard InChI is InChI=1S/C28H33F4N3O5/c1-38-21-3-2-20(14-34-16-27(29,30)28(31,32)17-34)23(11-21)35-7-4-18(5-8-35)15-40-25-12-22-19(10-26(36)37)6-9-39-24(22)13-33-25/h2-3,11-13,18-19H,4-10,14-17H2,1H3,(H,36,37). The fraction of sp³-hybridized carbons (Fsp3) is 0.571. The molecular formula is C28H33F4N3O5. The molecule has 0 bridgehead atoms. The van der Waals surface area contributed by atoms with Gasteiger partial charge in [0, 0.05) is 48.9 Å². The number of rotatable bonds is 9. The Morgan fingerprint density at radius 2 is 1.85 bits per heavy atom. The molecule has 40 heavy (non-hydrogen) atoms. The normalized spacial score (nSPS) is 22.4. The van der Waals surface area contributed by atoms with Crippen LogP contribution in [-0.4, -0.2) is 79.3 Å². The van der Waals surface area contributed by atoms with Gasteiger partial charge < -0.3 is 24.2 Å². The van der Waals surface area contributed by atoms with Crippen molar-refractivity contribution in [2.24, 2.45) is 5.92 Å². The van der Waals surface area contributed by atoms with Crippen LogP contribution in [0.2, 0.25) is 0 Å². The average molecular weight is 568 g/mol. The Bertz CT molecular complexity index is 1210. The van der Waals surface area contributed by atoms with E-state index in [0.717, 1.165) is 29.0 Å². The Hall–Kier alpha value is -3.28. The number of aliphatic carboxylic acids is 1. The summed E-state index contributed by atoms with van der Waals surface area (Å²) in [5.41, 5.74) is 2.28. The Morgan fingerprint density at radius 3 is 2.52 bits per heavy atom. The van der Waals surface area contributed by atoms with Crippen molar-refractivity contribution in [2.75, 3.05) is 51.4 Å². The monoisotopic (exact) mass is 567 g/mol. The average Bonchev–Trinajstić information content (AvgIpc) is 3.13. The van der Waals surface area contributed by atoms with Gasteiger partial charge in [-0.25, -0.2) is 4.98 Å². The van der Waals surface area contributed by atoms with Crippen LogP contribution in [0.4, 0.5) is 23.2 Å². The predicted molar refractivity (Wildman–Crippen MR) is 138 cm³/mol. The summed E-state index contributed by atoms with van der Waals surface area (Å²) in [5.74, 6) is -7.24. The molecule has 2 aromatic rings. The molecule has 1 aromatic heterocycles. The van der Waals surface area contributed by atoms with E-state index in [-0.39, 0.29) is 24.8 Å². The van der Waals surface area contributed by atoms with E-state index in [2.05, 4.69) is 9.88 Å². The lowest BCUT2D eigenvalue weighted by Crippen LogP contribution is -2.38. The number of nitrogens with zero attached hydrogens (tertiary/aromatic N) is 3. The van der Waals surface area contributed by atoms with Gasteiger partial charge in [-0.15, -0.1) is 0 Å². The first-order chi connectivity index (χ1) is 19.0. The number of pyridine rings is 1. The number of hydrogen-bond donors (Lipinski definition) is 1. The third kappa shape index (κ3) is 6.06. The van der Waals surface area contributed by atoms with Crippen LogP contribution in [0.1, 0.15) is 42.7 Å². The van der Waals surface area contributed by atoms with Crippen molar-refractivity contribution < 1.29 is 41.7 Å². The molecule has 8 nitrogen and oxygen atoms in total. The van der Waals surface area contributed by atoms with Gasteiger partial charge in [0.15, 0.2) is 0 Å². The Balaban J connectivity index is 1.20. The lowest BCUT2D eigenvalue weighted by Gasteiger charge is -2.35. The summed E-state index contributed by atoms with van der Waals surface area (Å²) in [6.45, 7) is 0.267. The second kappa shape index (κ2) is 11.3. The summed E-state index contributed by atoms with van der Waals surface area (Å²) in [6.07, 6.45) is 3.82. The van der Waals surface area contributed by atoms with Crippen LogP contribution in [0, 0.1) is 5.92 Å². The molecule has 0 spiro atoms. The largest absolute Gasteiger partial charge is 0.497 e. The lowest BCUT2D eigenvalue weighted by atomic mass is 9.91. The minimum absolute atomic E-state index is 0.00979. The number of fused-ring (bicyclic) bond motifs is 1. The summed E-state index contributed by atoms with van der Waals surface area (Å²) in [4.78, 5) is 18.8. The maximum atomic E-state index is 13.8. The van der Waals surface area contributed by atoms with Gasteiger partial charge in [0.05, 0.1) is 46.0 Å². The first-order valence-corrected chi connectivity index (χ1v) is 13.4. The number of methoxy groups -OCH3 is 1. The van der Waals surface area contributed by atoms with E-state index < -0.39 is 30.9 Å². The second-order valence-corrected chi connectivity index (χ2v) is 10.8. The molecule has 3 aliphatic heterocycles. The smallest absolute Gasteiger partial charge is 0.323 e. The first kappa shape index (κ1) is 28.3. The van der Waals surface area contributed by atoms with Gasteiger partial charge in [-0.05, 0) is 36.8 Å². The second-order valence-electron chi connectivity index (χ2n) is 10.8. The minimum atomic E-state index is -4.05. The molecule has 3 aliphatic rings. The molecule has 1 unspecified atom stereocenters. The molecule has 2 fully saturated rings. The number of ether oxygens (including phenoxy) is 3. The summed E-state index contributed by atoms with van der Waals surface area (Å²) < 4.78 is 72.1. The topological polar surface area (TPSA) is 84.4 Å². The molecule has 12 heteroatoms. The van der Waals surface area contributed by atoms with Crippen molar-refractivity contribution in [3.63, 3.8) is 0 Å². The highest BCUT2D eigenvalue weighted by molar-refractivity contribution is 5.68. The van der Waals surface area contributed by atoms with Crippen LogP contribution in [-0.2, 0) is 11.3 Å². The number of anilines is 1. The zero-order valence-electron chi connectivity index (χ0n) is 22.3. The van der Waals surface area contributed by atoms with Gasteiger partial charge in [0.2, 0.25) is 5.88 Å². The highest BCUT2D eigenvalue weighted by atomic mass is 19.3. The Kier molecular flexibility index (Phi) is 7.98. The molecule has 0 saturated carbocycles. The number of alkyl halides is 4. The van der Waals surface area contributed by atoms with Crippen molar-refractivity contribution in [3.05, 3.63) is 41.6 Å². The number of carboxylic acid groups (broad SMARTS) is 1. The predicted octanol–water partition coefficient (Wildman–Crippen LogP) is 4.81. The van der Waals surface area contributed by atoms with Crippen molar-refractivity contribution in [1.29, 1.82) is 0 Å². The Morgan fingerprint density at radius 1 is 1.12 bits per heavy atom. The van der Waals surface area contributed by atoms with E-state index in [1.165, 1.54) is 7.11 Å². The van der Waals surface area contributed by atoms with Crippen molar-refractivity contribution in [2.45, 2.75) is 50.0 Å². The molecule has 0 amide bonds. The number of hydrogen-bond acceptors (Lipinski definition) is 7. The SMILES string of the molecule is COc1ccc(CN2CC(F)(F)C(F)(F)C2)c(N2CCC(COc3cc4c(cn3)OCCC4CC(=O)O)CC2)c1. The van der Waals surface area contributed by atoms with Gasteiger partial charge in [-0.2, -0.15) is 17.6 Å². The fourth-order valence-electron chi connectivity index (χ4n) is 5.69. The van der Waals surface area contributed by atoms with Crippen LogP contribution < -0.4 is 19.1 Å². The molecule has 1 atom stereocenters. The minimum Gasteiger partial charge on any atom is -0.497 e. The maximum Gasteiger partial charge on any atom is 0.323 e. The number of likely N-dealkylation sites (tertiary alicyclic amines) is 1. The molecule has 218 valence electrons. The van der Waals surface area contributed by atoms with E-state index in [4.69, 9.17) is 14.2 Å². The summed E-state index contributed by atoms with van der Waals surface area (Å²) in [7, 11) is 1.54. The number of carboxylic acids is 1. The van der Waals surface area contributed by atoms with Gasteiger partial charge in [0.25, 0.3) is 0 Å². The molecule has 2 saturated heterocycles. The van der Waals surface area contributed by atoms with E-state index >= 15 is 0 Å². The van der Waals surface area contributed by atoms with Crippen molar-refractivity contribution in [1.82, 2.24) is 9.88 Å². The maximum absolute atomic E-state index is 13.8. The molecule has 4 heterocycles. The number of benzene rings is 1. The molecule has 0 radical (unpaired) electrons. The molecule has 0 aliphatic carbocycles.